The Hall–Kier alpha value is -3.15. The van der Waals surface area contributed by atoms with Gasteiger partial charge in [-0.2, -0.15) is 0 Å². The maximum Gasteiger partial charge on any atom is 0.361 e. The van der Waals surface area contributed by atoms with E-state index >= 15 is 0 Å². The third kappa shape index (κ3) is 6.04. The van der Waals surface area contributed by atoms with Crippen LogP contribution in [-0.2, 0) is 9.31 Å². The summed E-state index contributed by atoms with van der Waals surface area (Å²) in [6, 6.07) is 37.6. The molecule has 4 N–H and O–H groups in total. The van der Waals surface area contributed by atoms with Crippen LogP contribution in [0.4, 0.5) is 0 Å². The van der Waals surface area contributed by atoms with Crippen molar-refractivity contribution in [2.45, 2.75) is 0 Å². The van der Waals surface area contributed by atoms with E-state index in [1.807, 2.05) is 36.4 Å². The van der Waals surface area contributed by atoms with Gasteiger partial charge in [0.15, 0.2) is 0 Å². The summed E-state index contributed by atoms with van der Waals surface area (Å²) in [5, 5.41) is 0. The highest BCUT2D eigenvalue weighted by Crippen LogP contribution is 2.17. The summed E-state index contributed by atoms with van der Waals surface area (Å²) in [4.78, 5) is 0. The summed E-state index contributed by atoms with van der Waals surface area (Å²) < 4.78 is 12.2. The molecule has 0 unspecified atom stereocenters. The molecule has 34 heavy (non-hydrogen) atoms. The van der Waals surface area contributed by atoms with Crippen molar-refractivity contribution < 1.29 is 9.31 Å². The Morgan fingerprint density at radius 2 is 0.765 bits per heavy atom. The van der Waals surface area contributed by atoms with Crippen molar-refractivity contribution in [1.82, 2.24) is 0 Å². The summed E-state index contributed by atoms with van der Waals surface area (Å²) in [5.74, 6) is 0. The predicted molar refractivity (Wildman–Crippen MR) is 145 cm³/mol. The van der Waals surface area contributed by atoms with Crippen LogP contribution in [0.25, 0.3) is 11.1 Å². The molecule has 4 rings (SSSR count). The maximum atomic E-state index is 6.08. The zero-order chi connectivity index (χ0) is 23.6. The SMILES string of the molecule is NCCOB(c1ccccc1)c1ccc(-c2ccc(B(OCCN)c3ccccc3)cc2)cc1. The Morgan fingerprint density at radius 3 is 1.09 bits per heavy atom. The summed E-state index contributed by atoms with van der Waals surface area (Å²) in [6.45, 7) is 1.74. The van der Waals surface area contributed by atoms with Crippen LogP contribution in [0.3, 0.4) is 0 Å². The van der Waals surface area contributed by atoms with E-state index in [9.17, 15) is 0 Å². The summed E-state index contributed by atoms with van der Waals surface area (Å²) in [7, 11) is 0. The van der Waals surface area contributed by atoms with Crippen LogP contribution in [0, 0.1) is 0 Å². The molecule has 0 aliphatic heterocycles. The van der Waals surface area contributed by atoms with E-state index in [-0.39, 0.29) is 13.8 Å². The Bertz CT molecular complexity index is 1030. The normalized spacial score (nSPS) is 10.8. The molecule has 0 spiro atoms. The molecule has 0 radical (unpaired) electrons. The molecule has 0 saturated carbocycles. The van der Waals surface area contributed by atoms with Crippen LogP contribution in [0.5, 0.6) is 0 Å². The van der Waals surface area contributed by atoms with Gasteiger partial charge in [0.05, 0.1) is 0 Å². The molecule has 0 heterocycles. The van der Waals surface area contributed by atoms with Crippen LogP contribution in [0.1, 0.15) is 0 Å². The largest absolute Gasteiger partial charge is 0.426 e. The quantitative estimate of drug-likeness (QED) is 0.342. The van der Waals surface area contributed by atoms with E-state index in [0.717, 1.165) is 33.0 Å². The lowest BCUT2D eigenvalue weighted by atomic mass is 9.55. The Labute approximate surface area is 203 Å². The Balaban J connectivity index is 1.54. The zero-order valence-electron chi connectivity index (χ0n) is 19.3. The summed E-state index contributed by atoms with van der Waals surface area (Å²) in [5.41, 5.74) is 18.2. The second-order valence-corrected chi connectivity index (χ2v) is 8.14. The molecule has 0 amide bonds. The van der Waals surface area contributed by atoms with Crippen molar-refractivity contribution in [2.75, 3.05) is 26.3 Å². The fraction of sp³-hybridized carbons (Fsp3) is 0.143. The maximum absolute atomic E-state index is 6.08. The van der Waals surface area contributed by atoms with Crippen LogP contribution < -0.4 is 33.3 Å². The molecular formula is C28H30B2N2O2. The number of rotatable bonds is 11. The first kappa shape index (κ1) is 24.0. The molecule has 0 atom stereocenters. The highest BCUT2D eigenvalue weighted by molar-refractivity contribution is 6.80. The lowest BCUT2D eigenvalue weighted by Crippen LogP contribution is -2.45. The molecule has 4 aromatic carbocycles. The zero-order valence-corrected chi connectivity index (χ0v) is 19.3. The van der Waals surface area contributed by atoms with Gasteiger partial charge in [-0.25, -0.2) is 0 Å². The topological polar surface area (TPSA) is 70.5 Å². The minimum absolute atomic E-state index is 0.132. The molecule has 4 nitrogen and oxygen atoms in total. The average Bonchev–Trinajstić information content (AvgIpc) is 2.91. The van der Waals surface area contributed by atoms with Gasteiger partial charge in [0, 0.05) is 26.3 Å². The highest BCUT2D eigenvalue weighted by Gasteiger charge is 2.22. The van der Waals surface area contributed by atoms with Gasteiger partial charge in [-0.1, -0.05) is 109 Å². The van der Waals surface area contributed by atoms with Crippen LogP contribution >= 0.6 is 0 Å². The Kier molecular flexibility index (Phi) is 8.71. The number of hydrogen-bond acceptors (Lipinski definition) is 4. The second-order valence-electron chi connectivity index (χ2n) is 8.14. The van der Waals surface area contributed by atoms with Crippen molar-refractivity contribution in [3.8, 4) is 11.1 Å². The molecular weight excluding hydrogens is 418 g/mol. The molecule has 0 aromatic heterocycles. The molecule has 0 aliphatic rings. The van der Waals surface area contributed by atoms with E-state index < -0.39 is 0 Å². The van der Waals surface area contributed by atoms with Gasteiger partial charge in [-0.3, -0.25) is 0 Å². The van der Waals surface area contributed by atoms with Gasteiger partial charge in [0.1, 0.15) is 0 Å². The number of nitrogens with two attached hydrogens (primary N) is 2. The smallest absolute Gasteiger partial charge is 0.361 e. The van der Waals surface area contributed by atoms with Crippen molar-refractivity contribution in [2.24, 2.45) is 11.5 Å². The first-order chi connectivity index (χ1) is 16.8. The van der Waals surface area contributed by atoms with Crippen molar-refractivity contribution in [3.63, 3.8) is 0 Å². The monoisotopic (exact) mass is 448 g/mol. The second kappa shape index (κ2) is 12.4. The fourth-order valence-corrected chi connectivity index (χ4v) is 4.10. The third-order valence-electron chi connectivity index (χ3n) is 5.77. The molecule has 6 heteroatoms. The van der Waals surface area contributed by atoms with Gasteiger partial charge in [0.25, 0.3) is 0 Å². The molecule has 4 aromatic rings. The fourth-order valence-electron chi connectivity index (χ4n) is 4.10. The van der Waals surface area contributed by atoms with E-state index in [4.69, 9.17) is 20.8 Å². The minimum Gasteiger partial charge on any atom is -0.426 e. The first-order valence-corrected chi connectivity index (χ1v) is 11.7. The molecule has 0 fully saturated rings. The van der Waals surface area contributed by atoms with E-state index in [2.05, 4.69) is 72.8 Å². The Morgan fingerprint density at radius 1 is 0.441 bits per heavy atom. The molecule has 0 aliphatic carbocycles. The van der Waals surface area contributed by atoms with E-state index in [1.54, 1.807) is 0 Å². The summed E-state index contributed by atoms with van der Waals surface area (Å²) in [6.07, 6.45) is 0. The minimum atomic E-state index is -0.132. The van der Waals surface area contributed by atoms with Crippen molar-refractivity contribution in [1.29, 1.82) is 0 Å². The number of hydrogen-bond donors (Lipinski definition) is 2. The van der Waals surface area contributed by atoms with Gasteiger partial charge in [-0.15, -0.1) is 0 Å². The van der Waals surface area contributed by atoms with Gasteiger partial charge in [0.2, 0.25) is 0 Å². The first-order valence-electron chi connectivity index (χ1n) is 11.7. The van der Waals surface area contributed by atoms with Gasteiger partial charge < -0.3 is 20.8 Å². The van der Waals surface area contributed by atoms with Gasteiger partial charge in [-0.05, 0) is 33.0 Å². The third-order valence-corrected chi connectivity index (χ3v) is 5.77. The molecule has 0 bridgehead atoms. The number of benzene rings is 4. The van der Waals surface area contributed by atoms with E-state index in [1.165, 1.54) is 0 Å². The molecule has 0 saturated heterocycles. The summed E-state index contributed by atoms with van der Waals surface area (Å²) >= 11 is 0. The molecule has 170 valence electrons. The standard InChI is InChI=1S/C28H30B2N2O2/c31-19-21-33-29(25-7-3-1-4-8-25)27-15-11-23(12-16-27)24-13-17-28(18-14-24)30(34-22-20-32)26-9-5-2-6-10-26/h1-18H,19-22,31-32H2. The van der Waals surface area contributed by atoms with E-state index in [0.29, 0.717) is 26.3 Å². The predicted octanol–water partition coefficient (Wildman–Crippen LogP) is 1.52. The van der Waals surface area contributed by atoms with Crippen molar-refractivity contribution >= 4 is 35.7 Å². The highest BCUT2D eigenvalue weighted by atomic mass is 16.4. The van der Waals surface area contributed by atoms with Crippen LogP contribution in [0.2, 0.25) is 0 Å². The average molecular weight is 448 g/mol. The lowest BCUT2D eigenvalue weighted by molar-refractivity contribution is 0.344. The lowest BCUT2D eigenvalue weighted by Gasteiger charge is -2.16. The van der Waals surface area contributed by atoms with Crippen LogP contribution in [-0.4, -0.2) is 40.1 Å². The van der Waals surface area contributed by atoms with Crippen molar-refractivity contribution in [3.05, 3.63) is 109 Å². The van der Waals surface area contributed by atoms with Gasteiger partial charge >= 0.3 is 13.8 Å². The van der Waals surface area contributed by atoms with Crippen LogP contribution in [0.15, 0.2) is 109 Å².